The van der Waals surface area contributed by atoms with Crippen LogP contribution in [0.3, 0.4) is 0 Å². The topological polar surface area (TPSA) is 29.5 Å². The van der Waals surface area contributed by atoms with Crippen LogP contribution in [-0.2, 0) is 34.0 Å². The van der Waals surface area contributed by atoms with E-state index < -0.39 is 0 Å². The van der Waals surface area contributed by atoms with Crippen molar-refractivity contribution in [2.24, 2.45) is 0 Å². The van der Waals surface area contributed by atoms with E-state index >= 15 is 0 Å². The number of hydrogen-bond donors (Lipinski definition) is 0. The van der Waals surface area contributed by atoms with Crippen molar-refractivity contribution in [1.29, 1.82) is 0 Å². The van der Waals surface area contributed by atoms with Gasteiger partial charge < -0.3 is 4.90 Å². The van der Waals surface area contributed by atoms with Gasteiger partial charge in [-0.2, -0.15) is 0 Å². The molecule has 2 aliphatic heterocycles. The Bertz CT molecular complexity index is 173. The van der Waals surface area contributed by atoms with Crippen molar-refractivity contribution in [3.8, 4) is 0 Å². The van der Waals surface area contributed by atoms with E-state index in [2.05, 4.69) is 7.54 Å². The average Bonchev–Trinajstić information content (AvgIpc) is 2.30. The van der Waals surface area contributed by atoms with Crippen LogP contribution >= 0.6 is 0 Å². The van der Waals surface area contributed by atoms with Crippen molar-refractivity contribution in [3.63, 3.8) is 0 Å². The third kappa shape index (κ3) is 5.30. The third-order valence-corrected chi connectivity index (χ3v) is 4.77. The van der Waals surface area contributed by atoms with Gasteiger partial charge in [0.1, 0.15) is 0 Å². The van der Waals surface area contributed by atoms with Gasteiger partial charge in [0.15, 0.2) is 0 Å². The van der Waals surface area contributed by atoms with Crippen molar-refractivity contribution < 1.29 is 34.0 Å². The molecule has 2 rings (SSSR count). The van der Waals surface area contributed by atoms with Gasteiger partial charge in [-0.1, -0.05) is 12.8 Å². The zero-order valence-electron chi connectivity index (χ0n) is 9.71. The maximum absolute atomic E-state index is 9.64. The minimum absolute atomic E-state index is 0.159. The molecule has 0 bridgehead atoms. The van der Waals surface area contributed by atoms with E-state index in [4.69, 9.17) is 0 Å². The van der Waals surface area contributed by atoms with E-state index in [1.165, 1.54) is 58.5 Å². The van der Waals surface area contributed by atoms with Gasteiger partial charge in [0, 0.05) is 6.04 Å². The molecular weight excluding hydrogens is 379 g/mol. The van der Waals surface area contributed by atoms with E-state index in [9.17, 15) is 4.79 Å². The van der Waals surface area contributed by atoms with Crippen LogP contribution in [0.5, 0.6) is 0 Å². The number of fused-ring (bicyclic) bond motifs is 1. The molecule has 0 aliphatic carbocycles. The van der Waals surface area contributed by atoms with Gasteiger partial charge in [0.25, 0.3) is 0 Å². The van der Waals surface area contributed by atoms with Gasteiger partial charge in [-0.25, -0.2) is 0 Å². The monoisotopic (exact) mass is 400 g/mol. The molecule has 4 heteroatoms. The quantitative estimate of drug-likeness (QED) is 0.585. The molecule has 0 amide bonds. The molecule has 2 aliphatic rings. The standard InChI is InChI=1S/C9H17N.C2H4O2.Hg/c1-3-7-10-8-4-2-6-9(10)5-1;1-2(3)4;/h9H,1-8H2;1H3,(H,3,4);/q;;+1/p-1. The van der Waals surface area contributed by atoms with Crippen LogP contribution in [0.25, 0.3) is 0 Å². The van der Waals surface area contributed by atoms with Gasteiger partial charge >= 0.3 is 46.9 Å². The summed E-state index contributed by atoms with van der Waals surface area (Å²) in [6.07, 6.45) is 8.86. The molecule has 2 fully saturated rings. The summed E-state index contributed by atoms with van der Waals surface area (Å²) in [5, 5.41) is 0. The van der Waals surface area contributed by atoms with Crippen LogP contribution in [0.2, 0.25) is 0 Å². The summed E-state index contributed by atoms with van der Waals surface area (Å²) in [7, 11) is 0. The summed E-state index contributed by atoms with van der Waals surface area (Å²) < 4.78 is 4.31. The number of carbonyl (C=O) groups excluding carboxylic acids is 1. The first kappa shape index (κ1) is 13.4. The zero-order chi connectivity index (χ0) is 11.1. The predicted molar refractivity (Wildman–Crippen MR) is 54.8 cm³/mol. The molecule has 2 saturated heterocycles. The number of hydrogen-bond acceptors (Lipinski definition) is 3. The summed E-state index contributed by atoms with van der Waals surface area (Å²) in [6.45, 7) is 4.20. The zero-order valence-corrected chi connectivity index (χ0v) is 15.2. The van der Waals surface area contributed by atoms with E-state index in [0.717, 1.165) is 6.04 Å². The summed E-state index contributed by atoms with van der Waals surface area (Å²) in [6, 6.07) is 0.988. The van der Waals surface area contributed by atoms with Gasteiger partial charge in [0.05, 0.1) is 0 Å². The molecule has 0 aromatic rings. The first-order valence-corrected chi connectivity index (χ1v) is 8.15. The molecule has 0 aromatic heterocycles. The van der Waals surface area contributed by atoms with Crippen LogP contribution in [0, 0.1) is 0 Å². The fourth-order valence-corrected chi connectivity index (χ4v) is 2.38. The van der Waals surface area contributed by atoms with Crippen LogP contribution in [0.1, 0.15) is 45.4 Å². The molecule has 0 atom stereocenters. The second-order valence-corrected chi connectivity index (χ2v) is 5.44. The molecule has 0 radical (unpaired) electrons. The van der Waals surface area contributed by atoms with Crippen molar-refractivity contribution in [2.45, 2.75) is 51.5 Å². The van der Waals surface area contributed by atoms with Crippen LogP contribution < -0.4 is 0 Å². The van der Waals surface area contributed by atoms with Crippen molar-refractivity contribution in [1.82, 2.24) is 4.90 Å². The molecule has 0 spiro atoms. The summed E-state index contributed by atoms with van der Waals surface area (Å²) >= 11 is 0.194. The maximum atomic E-state index is 9.64. The Morgan fingerprint density at radius 3 is 2.00 bits per heavy atom. The summed E-state index contributed by atoms with van der Waals surface area (Å²) in [5.74, 6) is -0.159. The summed E-state index contributed by atoms with van der Waals surface area (Å²) in [4.78, 5) is 12.3. The number of piperidine rings is 2. The van der Waals surface area contributed by atoms with Gasteiger partial charge in [-0.15, -0.1) is 0 Å². The fraction of sp³-hybridized carbons (Fsp3) is 0.909. The Morgan fingerprint density at radius 2 is 1.67 bits per heavy atom. The average molecular weight is 399 g/mol. The van der Waals surface area contributed by atoms with Gasteiger partial charge in [0.2, 0.25) is 0 Å². The molecule has 0 aromatic carbocycles. The van der Waals surface area contributed by atoms with Crippen LogP contribution in [0.4, 0.5) is 0 Å². The first-order chi connectivity index (χ1) is 7.24. The Balaban J connectivity index is 0.000000195. The summed E-state index contributed by atoms with van der Waals surface area (Å²) in [5.41, 5.74) is 0. The third-order valence-electron chi connectivity index (χ3n) is 3.19. The van der Waals surface area contributed by atoms with Crippen molar-refractivity contribution in [3.05, 3.63) is 0 Å². The first-order valence-electron chi connectivity index (χ1n) is 5.90. The van der Waals surface area contributed by atoms with Crippen LogP contribution in [-0.4, -0.2) is 30.0 Å². The molecule has 3 nitrogen and oxygen atoms in total. The Kier molecular flexibility index (Phi) is 6.81. The molecule has 0 saturated carbocycles. The van der Waals surface area contributed by atoms with E-state index in [1.807, 2.05) is 0 Å². The fourth-order valence-electron chi connectivity index (χ4n) is 2.38. The van der Waals surface area contributed by atoms with Crippen LogP contribution in [0.15, 0.2) is 0 Å². The Hall–Kier alpha value is 0.365. The second kappa shape index (κ2) is 7.61. The molecule has 83 valence electrons. The number of carbonyl (C=O) groups is 1. The Morgan fingerprint density at radius 1 is 1.20 bits per heavy atom. The Labute approximate surface area is 109 Å². The SMILES string of the molecule is C1CCN2CCCCC2C1.CC(=O)[O][Hg]. The predicted octanol–water partition coefficient (Wildman–Crippen LogP) is 2.04. The van der Waals surface area contributed by atoms with E-state index in [-0.39, 0.29) is 32.5 Å². The van der Waals surface area contributed by atoms with Crippen molar-refractivity contribution in [2.75, 3.05) is 13.1 Å². The number of rotatable bonds is 0. The molecule has 15 heavy (non-hydrogen) atoms. The van der Waals surface area contributed by atoms with Gasteiger partial charge in [-0.05, 0) is 38.8 Å². The second-order valence-electron chi connectivity index (χ2n) is 4.32. The normalized spacial score (nSPS) is 22.3. The molecular formula is C11H20HgNO2. The van der Waals surface area contributed by atoms with E-state index in [0.29, 0.717) is 0 Å². The van der Waals surface area contributed by atoms with E-state index in [1.54, 1.807) is 0 Å². The number of nitrogens with zero attached hydrogens (tertiary/aromatic N) is 1. The van der Waals surface area contributed by atoms with Crippen molar-refractivity contribution >= 4 is 5.97 Å². The van der Waals surface area contributed by atoms with Gasteiger partial charge in [-0.3, -0.25) is 0 Å². The molecule has 0 N–H and O–H groups in total. The molecule has 2 heterocycles. The molecule has 0 unspecified atom stereocenters. The minimum atomic E-state index is -0.159.